The molecule has 0 rings (SSSR count). The van der Waals surface area contributed by atoms with Crippen LogP contribution in [0.1, 0.15) is 40.5 Å². The van der Waals surface area contributed by atoms with Crippen LogP contribution in [-0.4, -0.2) is 42.9 Å². The highest BCUT2D eigenvalue weighted by molar-refractivity contribution is 7.62. The summed E-state index contributed by atoms with van der Waals surface area (Å²) >= 11 is 0. The van der Waals surface area contributed by atoms with E-state index in [2.05, 4.69) is 38.4 Å². The lowest BCUT2D eigenvalue weighted by atomic mass is 10.3. The molecule has 0 fully saturated rings. The van der Waals surface area contributed by atoms with Crippen molar-refractivity contribution in [2.24, 2.45) is 0 Å². The number of nitriles is 1. The van der Waals surface area contributed by atoms with E-state index in [9.17, 15) is 4.57 Å². The molecule has 0 aliphatic carbocycles. The van der Waals surface area contributed by atoms with E-state index in [4.69, 9.17) is 14.3 Å². The molecule has 0 amide bonds. The predicted molar refractivity (Wildman–Crippen MR) is 94.4 cm³/mol. The SMILES string of the molecule is CC(C)N(C(C)C)P(O/C=C/CCP(C)(C)=O)OCCC#N. The van der Waals surface area contributed by atoms with Gasteiger partial charge in [0, 0.05) is 18.2 Å². The van der Waals surface area contributed by atoms with E-state index in [1.54, 1.807) is 19.6 Å². The Hall–Kier alpha value is -0.390. The highest BCUT2D eigenvalue weighted by Crippen LogP contribution is 2.46. The maximum Gasteiger partial charge on any atom is 0.320 e. The molecule has 0 bridgehead atoms. The normalized spacial score (nSPS) is 14.0. The third kappa shape index (κ3) is 10.4. The highest BCUT2D eigenvalue weighted by atomic mass is 31.2. The summed E-state index contributed by atoms with van der Waals surface area (Å²) in [6.07, 6.45) is 5.30. The minimum Gasteiger partial charge on any atom is -0.444 e. The van der Waals surface area contributed by atoms with Crippen molar-refractivity contribution in [2.45, 2.75) is 52.6 Å². The maximum absolute atomic E-state index is 11.6. The molecule has 128 valence electrons. The Morgan fingerprint density at radius 1 is 1.27 bits per heavy atom. The molecule has 0 aromatic carbocycles. The van der Waals surface area contributed by atoms with Gasteiger partial charge >= 0.3 is 8.53 Å². The lowest BCUT2D eigenvalue weighted by Gasteiger charge is -2.34. The minimum absolute atomic E-state index is 0.285. The summed E-state index contributed by atoms with van der Waals surface area (Å²) in [4.78, 5) is 0. The molecule has 0 N–H and O–H groups in total. The summed E-state index contributed by atoms with van der Waals surface area (Å²) in [6.45, 7) is 12.3. The van der Waals surface area contributed by atoms with Crippen LogP contribution in [0.15, 0.2) is 12.3 Å². The van der Waals surface area contributed by atoms with Crippen molar-refractivity contribution in [3.63, 3.8) is 0 Å². The summed E-state index contributed by atoms with van der Waals surface area (Å²) < 4.78 is 25.3. The van der Waals surface area contributed by atoms with Crippen LogP contribution < -0.4 is 0 Å². The monoisotopic (exact) mass is 348 g/mol. The van der Waals surface area contributed by atoms with Crippen LogP contribution in [0.2, 0.25) is 0 Å². The molecule has 0 heterocycles. The van der Waals surface area contributed by atoms with Crippen molar-refractivity contribution in [1.29, 1.82) is 5.26 Å². The van der Waals surface area contributed by atoms with Gasteiger partial charge in [0.15, 0.2) is 0 Å². The van der Waals surface area contributed by atoms with Gasteiger partial charge in [-0.15, -0.1) is 0 Å². The fourth-order valence-electron chi connectivity index (χ4n) is 1.84. The van der Waals surface area contributed by atoms with E-state index in [1.807, 2.05) is 6.08 Å². The molecule has 0 aromatic rings. The van der Waals surface area contributed by atoms with Gasteiger partial charge < -0.3 is 13.6 Å². The molecule has 0 radical (unpaired) electrons. The highest BCUT2D eigenvalue weighted by Gasteiger charge is 2.27. The smallest absolute Gasteiger partial charge is 0.320 e. The van der Waals surface area contributed by atoms with Gasteiger partial charge in [-0.25, -0.2) is 4.67 Å². The fraction of sp³-hybridized carbons (Fsp3) is 0.800. The lowest BCUT2D eigenvalue weighted by Crippen LogP contribution is -2.33. The van der Waals surface area contributed by atoms with Gasteiger partial charge in [0.2, 0.25) is 0 Å². The van der Waals surface area contributed by atoms with E-state index >= 15 is 0 Å². The quantitative estimate of drug-likeness (QED) is 0.305. The van der Waals surface area contributed by atoms with Crippen LogP contribution in [0.4, 0.5) is 0 Å². The zero-order chi connectivity index (χ0) is 17.2. The molecule has 0 spiro atoms. The standard InChI is InChI=1S/C15H30N2O3P2/c1-14(2)17(15(3)4)21(20-12-9-10-16)19-11-7-8-13-22(5,6)18/h7,11,14-15H,8-9,12-13H2,1-6H3/b11-7+. The van der Waals surface area contributed by atoms with Crippen molar-refractivity contribution in [3.05, 3.63) is 12.3 Å². The number of hydrogen-bond donors (Lipinski definition) is 0. The van der Waals surface area contributed by atoms with Crippen LogP contribution >= 0.6 is 15.7 Å². The predicted octanol–water partition coefficient (Wildman–Crippen LogP) is 4.81. The molecule has 7 heteroatoms. The summed E-state index contributed by atoms with van der Waals surface area (Å²) in [7, 11) is -3.21. The summed E-state index contributed by atoms with van der Waals surface area (Å²) in [5.74, 6) is 0. The Balaban J connectivity index is 4.61. The van der Waals surface area contributed by atoms with Crippen LogP contribution in [0.5, 0.6) is 0 Å². The molecule has 1 atom stereocenters. The second-order valence-electron chi connectivity index (χ2n) is 6.11. The van der Waals surface area contributed by atoms with Crippen molar-refractivity contribution in [3.8, 4) is 6.07 Å². The van der Waals surface area contributed by atoms with E-state index in [1.165, 1.54) is 0 Å². The van der Waals surface area contributed by atoms with Crippen molar-refractivity contribution in [1.82, 2.24) is 4.67 Å². The molecule has 0 aliphatic heterocycles. The number of nitrogens with zero attached hydrogens (tertiary/aromatic N) is 2. The molecule has 1 unspecified atom stereocenters. The number of allylic oxidation sites excluding steroid dienone is 1. The Morgan fingerprint density at radius 2 is 1.86 bits per heavy atom. The van der Waals surface area contributed by atoms with Crippen LogP contribution in [-0.2, 0) is 13.6 Å². The fourth-order valence-corrected chi connectivity index (χ4v) is 4.11. The largest absolute Gasteiger partial charge is 0.444 e. The van der Waals surface area contributed by atoms with Gasteiger partial charge in [0.25, 0.3) is 0 Å². The van der Waals surface area contributed by atoms with Crippen LogP contribution in [0, 0.1) is 11.3 Å². The summed E-state index contributed by atoms with van der Waals surface area (Å²) in [5.41, 5.74) is 0. The second kappa shape index (κ2) is 11.2. The molecule has 5 nitrogen and oxygen atoms in total. The average Bonchev–Trinajstić information content (AvgIpc) is 2.35. The zero-order valence-corrected chi connectivity index (χ0v) is 16.4. The summed E-state index contributed by atoms with van der Waals surface area (Å²) in [5, 5.41) is 8.64. The Morgan fingerprint density at radius 3 is 2.32 bits per heavy atom. The second-order valence-corrected chi connectivity index (χ2v) is 11.1. The average molecular weight is 348 g/mol. The van der Waals surface area contributed by atoms with E-state index in [0.717, 1.165) is 6.42 Å². The molecule has 0 saturated heterocycles. The Labute approximate surface area is 137 Å². The first-order valence-corrected chi connectivity index (χ1v) is 11.5. The van der Waals surface area contributed by atoms with E-state index in [-0.39, 0.29) is 12.1 Å². The Bertz CT molecular complexity index is 406. The maximum atomic E-state index is 11.6. The topological polar surface area (TPSA) is 62.6 Å². The molecular formula is C15H30N2O3P2. The van der Waals surface area contributed by atoms with Gasteiger partial charge in [-0.3, -0.25) is 0 Å². The van der Waals surface area contributed by atoms with E-state index < -0.39 is 15.7 Å². The van der Waals surface area contributed by atoms with Gasteiger partial charge in [-0.05, 0) is 53.5 Å². The van der Waals surface area contributed by atoms with Crippen LogP contribution in [0.3, 0.4) is 0 Å². The van der Waals surface area contributed by atoms with Crippen molar-refractivity contribution < 1.29 is 13.6 Å². The molecular weight excluding hydrogens is 318 g/mol. The van der Waals surface area contributed by atoms with Gasteiger partial charge in [-0.2, -0.15) is 5.26 Å². The number of rotatable bonds is 11. The third-order valence-corrected chi connectivity index (χ3v) is 6.09. The molecule has 22 heavy (non-hydrogen) atoms. The molecule has 0 saturated carbocycles. The lowest BCUT2D eigenvalue weighted by molar-refractivity contribution is 0.208. The van der Waals surface area contributed by atoms with E-state index in [0.29, 0.717) is 19.2 Å². The zero-order valence-electron chi connectivity index (χ0n) is 14.7. The summed E-state index contributed by atoms with van der Waals surface area (Å²) in [6, 6.07) is 2.65. The first-order valence-electron chi connectivity index (χ1n) is 7.63. The Kier molecular flexibility index (Phi) is 11.0. The minimum atomic E-state index is -1.98. The third-order valence-electron chi connectivity index (χ3n) is 2.74. The van der Waals surface area contributed by atoms with Gasteiger partial charge in [0.05, 0.1) is 32.5 Å². The van der Waals surface area contributed by atoms with Gasteiger partial charge in [0.1, 0.15) is 0 Å². The van der Waals surface area contributed by atoms with Crippen molar-refractivity contribution in [2.75, 3.05) is 26.1 Å². The van der Waals surface area contributed by atoms with Crippen molar-refractivity contribution >= 4 is 15.7 Å². The molecule has 0 aromatic heterocycles. The number of hydrogen-bond acceptors (Lipinski definition) is 5. The van der Waals surface area contributed by atoms with Crippen LogP contribution in [0.25, 0.3) is 0 Å². The first kappa shape index (κ1) is 21.6. The van der Waals surface area contributed by atoms with Gasteiger partial charge in [-0.1, -0.05) is 0 Å². The molecule has 0 aliphatic rings. The first-order chi connectivity index (χ1) is 10.2.